The lowest BCUT2D eigenvalue weighted by Gasteiger charge is -2.35. The molecule has 0 aliphatic carbocycles. The molecule has 3 atom stereocenters. The van der Waals surface area contributed by atoms with Gasteiger partial charge in [-0.1, -0.05) is 0 Å². The quantitative estimate of drug-likeness (QED) is 0.797. The molecule has 1 saturated heterocycles. The molecule has 4 heteroatoms. The lowest BCUT2D eigenvalue weighted by atomic mass is 9.93. The molecule has 0 bridgehead atoms. The summed E-state index contributed by atoms with van der Waals surface area (Å²) in [5, 5.41) is 9.57. The monoisotopic (exact) mass is 231 g/mol. The van der Waals surface area contributed by atoms with Gasteiger partial charge in [0, 0.05) is 19.0 Å². The van der Waals surface area contributed by atoms with Gasteiger partial charge < -0.3 is 10.0 Å². The molecule has 88 valence electrons. The third kappa shape index (κ3) is 3.38. The van der Waals surface area contributed by atoms with Crippen molar-refractivity contribution >= 4 is 17.7 Å². The van der Waals surface area contributed by atoms with Crippen molar-refractivity contribution in [2.45, 2.75) is 38.0 Å². The number of likely N-dealkylation sites (tertiary alicyclic amines) is 1. The van der Waals surface area contributed by atoms with Crippen molar-refractivity contribution in [1.29, 1.82) is 0 Å². The Morgan fingerprint density at radius 1 is 1.53 bits per heavy atom. The topological polar surface area (TPSA) is 40.5 Å². The number of piperidine rings is 1. The molecule has 0 saturated carbocycles. The van der Waals surface area contributed by atoms with E-state index in [2.05, 4.69) is 0 Å². The highest BCUT2D eigenvalue weighted by molar-refractivity contribution is 7.99. The van der Waals surface area contributed by atoms with Crippen LogP contribution in [0.3, 0.4) is 0 Å². The number of aliphatic hydroxyl groups excluding tert-OH is 1. The summed E-state index contributed by atoms with van der Waals surface area (Å²) >= 11 is 1.58. The summed E-state index contributed by atoms with van der Waals surface area (Å²) in [7, 11) is 0. The Hall–Kier alpha value is -0.220. The lowest BCUT2D eigenvalue weighted by Crippen LogP contribution is -2.45. The van der Waals surface area contributed by atoms with Gasteiger partial charge in [0.15, 0.2) is 0 Å². The standard InChI is InChI=1S/C11H21NO2S/c1-8(13)10-5-4-6-12(7-10)11(14)9(2)15-3/h8-10,13H,4-7H2,1-3H3. The molecule has 0 aromatic carbocycles. The molecule has 15 heavy (non-hydrogen) atoms. The number of nitrogens with zero attached hydrogens (tertiary/aromatic N) is 1. The summed E-state index contributed by atoms with van der Waals surface area (Å²) in [5.41, 5.74) is 0. The van der Waals surface area contributed by atoms with E-state index in [0.29, 0.717) is 0 Å². The van der Waals surface area contributed by atoms with Crippen molar-refractivity contribution < 1.29 is 9.90 Å². The highest BCUT2D eigenvalue weighted by Gasteiger charge is 2.28. The number of amides is 1. The van der Waals surface area contributed by atoms with Gasteiger partial charge in [-0.2, -0.15) is 11.8 Å². The third-order valence-electron chi connectivity index (χ3n) is 3.15. The van der Waals surface area contributed by atoms with Crippen molar-refractivity contribution in [1.82, 2.24) is 4.90 Å². The van der Waals surface area contributed by atoms with Crippen LogP contribution in [0.15, 0.2) is 0 Å². The fourth-order valence-corrected chi connectivity index (χ4v) is 2.31. The van der Waals surface area contributed by atoms with Gasteiger partial charge in [-0.05, 0) is 32.9 Å². The summed E-state index contributed by atoms with van der Waals surface area (Å²) in [6, 6.07) is 0. The Balaban J connectivity index is 2.52. The van der Waals surface area contributed by atoms with Crippen LogP contribution in [0.5, 0.6) is 0 Å². The number of thioether (sulfide) groups is 1. The lowest BCUT2D eigenvalue weighted by molar-refractivity contribution is -0.132. The van der Waals surface area contributed by atoms with Crippen molar-refractivity contribution in [2.24, 2.45) is 5.92 Å². The Bertz CT molecular complexity index is 221. The number of carbonyl (C=O) groups is 1. The molecule has 0 aromatic rings. The Morgan fingerprint density at radius 2 is 2.20 bits per heavy atom. The smallest absolute Gasteiger partial charge is 0.235 e. The average Bonchev–Trinajstić information content (AvgIpc) is 2.27. The molecular formula is C11H21NO2S. The molecule has 0 radical (unpaired) electrons. The van der Waals surface area contributed by atoms with Crippen LogP contribution in [0.2, 0.25) is 0 Å². The second-order valence-corrected chi connectivity index (χ2v) is 5.48. The van der Waals surface area contributed by atoms with E-state index >= 15 is 0 Å². The normalized spacial score (nSPS) is 26.1. The highest BCUT2D eigenvalue weighted by Crippen LogP contribution is 2.21. The van der Waals surface area contributed by atoms with Crippen LogP contribution in [-0.4, -0.2) is 46.6 Å². The fraction of sp³-hybridized carbons (Fsp3) is 0.909. The zero-order valence-corrected chi connectivity index (χ0v) is 10.6. The maximum atomic E-state index is 11.9. The number of aliphatic hydroxyl groups is 1. The first-order chi connectivity index (χ1) is 7.06. The largest absolute Gasteiger partial charge is 0.393 e. The van der Waals surface area contributed by atoms with Crippen LogP contribution in [0, 0.1) is 5.92 Å². The van der Waals surface area contributed by atoms with Crippen LogP contribution in [-0.2, 0) is 4.79 Å². The SMILES string of the molecule is CSC(C)C(=O)N1CCCC(C(C)O)C1. The number of rotatable bonds is 3. The Labute approximate surface area is 96.2 Å². The van der Waals surface area contributed by atoms with E-state index < -0.39 is 0 Å². The fourth-order valence-electron chi connectivity index (χ4n) is 1.96. The minimum Gasteiger partial charge on any atom is -0.393 e. The van der Waals surface area contributed by atoms with Crippen molar-refractivity contribution in [2.75, 3.05) is 19.3 Å². The minimum absolute atomic E-state index is 0.0396. The van der Waals surface area contributed by atoms with Crippen molar-refractivity contribution in [3.05, 3.63) is 0 Å². The van der Waals surface area contributed by atoms with Crippen LogP contribution < -0.4 is 0 Å². The van der Waals surface area contributed by atoms with Gasteiger partial charge in [0.1, 0.15) is 0 Å². The van der Waals surface area contributed by atoms with Gasteiger partial charge in [0.05, 0.1) is 11.4 Å². The molecule has 1 rings (SSSR count). The van der Waals surface area contributed by atoms with Crippen LogP contribution in [0.1, 0.15) is 26.7 Å². The van der Waals surface area contributed by atoms with Gasteiger partial charge >= 0.3 is 0 Å². The molecule has 1 fully saturated rings. The van der Waals surface area contributed by atoms with E-state index in [1.165, 1.54) is 0 Å². The molecule has 1 amide bonds. The molecule has 3 unspecified atom stereocenters. The first-order valence-corrected chi connectivity index (χ1v) is 6.84. The van der Waals surface area contributed by atoms with E-state index in [1.807, 2.05) is 25.0 Å². The molecule has 0 spiro atoms. The van der Waals surface area contributed by atoms with Gasteiger partial charge in [-0.15, -0.1) is 0 Å². The molecule has 3 nitrogen and oxygen atoms in total. The van der Waals surface area contributed by atoms with Gasteiger partial charge in [0.2, 0.25) is 5.91 Å². The summed E-state index contributed by atoms with van der Waals surface area (Å²) in [6.45, 7) is 5.34. The first kappa shape index (κ1) is 12.8. The summed E-state index contributed by atoms with van der Waals surface area (Å²) in [6.07, 6.45) is 3.71. The maximum Gasteiger partial charge on any atom is 0.235 e. The average molecular weight is 231 g/mol. The van der Waals surface area contributed by atoms with Crippen molar-refractivity contribution in [3.8, 4) is 0 Å². The summed E-state index contributed by atoms with van der Waals surface area (Å²) < 4.78 is 0. The number of carbonyl (C=O) groups excluding carboxylic acids is 1. The van der Waals surface area contributed by atoms with Gasteiger partial charge in [-0.3, -0.25) is 4.79 Å². The molecular weight excluding hydrogens is 210 g/mol. The Kier molecular flexibility index (Phi) is 4.93. The molecule has 0 aromatic heterocycles. The van der Waals surface area contributed by atoms with Crippen LogP contribution in [0.25, 0.3) is 0 Å². The van der Waals surface area contributed by atoms with E-state index in [4.69, 9.17) is 0 Å². The number of hydrogen-bond acceptors (Lipinski definition) is 3. The van der Waals surface area contributed by atoms with Crippen LogP contribution in [0.4, 0.5) is 0 Å². The second-order valence-electron chi connectivity index (χ2n) is 4.31. The second kappa shape index (κ2) is 5.75. The number of hydrogen-bond donors (Lipinski definition) is 1. The van der Waals surface area contributed by atoms with Crippen LogP contribution >= 0.6 is 11.8 Å². The molecule has 1 N–H and O–H groups in total. The zero-order valence-electron chi connectivity index (χ0n) is 9.77. The van der Waals surface area contributed by atoms with Gasteiger partial charge in [-0.25, -0.2) is 0 Å². The third-order valence-corrected chi connectivity index (χ3v) is 4.06. The molecule has 1 aliphatic rings. The summed E-state index contributed by atoms with van der Waals surface area (Å²) in [5.74, 6) is 0.476. The zero-order chi connectivity index (χ0) is 11.4. The maximum absolute atomic E-state index is 11.9. The van der Waals surface area contributed by atoms with E-state index in [1.54, 1.807) is 11.8 Å². The molecule has 1 aliphatic heterocycles. The van der Waals surface area contributed by atoms with E-state index in [9.17, 15) is 9.90 Å². The molecule has 1 heterocycles. The Morgan fingerprint density at radius 3 is 2.73 bits per heavy atom. The minimum atomic E-state index is -0.301. The van der Waals surface area contributed by atoms with E-state index in [0.717, 1.165) is 25.9 Å². The highest BCUT2D eigenvalue weighted by atomic mass is 32.2. The summed E-state index contributed by atoms with van der Waals surface area (Å²) in [4.78, 5) is 13.8. The predicted molar refractivity (Wildman–Crippen MR) is 64.0 cm³/mol. The van der Waals surface area contributed by atoms with Crippen molar-refractivity contribution in [3.63, 3.8) is 0 Å². The van der Waals surface area contributed by atoms with E-state index in [-0.39, 0.29) is 23.2 Å². The predicted octanol–water partition coefficient (Wildman–Crippen LogP) is 1.36. The first-order valence-electron chi connectivity index (χ1n) is 5.56. The van der Waals surface area contributed by atoms with Gasteiger partial charge in [0.25, 0.3) is 0 Å².